The Labute approximate surface area is 71.3 Å². The van der Waals surface area contributed by atoms with Gasteiger partial charge in [0, 0.05) is 12.1 Å². The summed E-state index contributed by atoms with van der Waals surface area (Å²) in [5.74, 6) is -0.884. The SMILES string of the molecule is CN(C)CC=C(CCl)C(=O)O. The number of carboxylic acid groups (broad SMARTS) is 1. The Morgan fingerprint density at radius 2 is 2.18 bits per heavy atom. The summed E-state index contributed by atoms with van der Waals surface area (Å²) in [6, 6.07) is 0. The zero-order valence-corrected chi connectivity index (χ0v) is 7.43. The van der Waals surface area contributed by atoms with E-state index < -0.39 is 5.97 Å². The molecule has 0 aliphatic heterocycles. The molecule has 0 radical (unpaired) electrons. The lowest BCUT2D eigenvalue weighted by molar-refractivity contribution is -0.132. The lowest BCUT2D eigenvalue weighted by atomic mass is 10.3. The summed E-state index contributed by atoms with van der Waals surface area (Å²) in [6.45, 7) is 0.606. The van der Waals surface area contributed by atoms with Crippen LogP contribution in [0.1, 0.15) is 0 Å². The average Bonchev–Trinajstić information content (AvgIpc) is 1.87. The molecule has 0 saturated carbocycles. The van der Waals surface area contributed by atoms with Gasteiger partial charge in [0.15, 0.2) is 0 Å². The van der Waals surface area contributed by atoms with Gasteiger partial charge in [-0.3, -0.25) is 0 Å². The summed E-state index contributed by atoms with van der Waals surface area (Å²) in [6.07, 6.45) is 1.61. The van der Waals surface area contributed by atoms with Gasteiger partial charge in [0.1, 0.15) is 0 Å². The maximum absolute atomic E-state index is 10.4. The Morgan fingerprint density at radius 1 is 1.64 bits per heavy atom. The highest BCUT2D eigenvalue weighted by molar-refractivity contribution is 6.22. The Hall–Kier alpha value is -0.540. The van der Waals surface area contributed by atoms with Crippen LogP contribution in [0.2, 0.25) is 0 Å². The number of carboxylic acids is 1. The van der Waals surface area contributed by atoms with Crippen molar-refractivity contribution < 1.29 is 9.90 Å². The van der Waals surface area contributed by atoms with Gasteiger partial charge < -0.3 is 10.0 Å². The highest BCUT2D eigenvalue weighted by atomic mass is 35.5. The molecular weight excluding hydrogens is 166 g/mol. The molecule has 0 aliphatic rings. The highest BCUT2D eigenvalue weighted by Crippen LogP contribution is 1.97. The molecule has 0 heterocycles. The van der Waals surface area contributed by atoms with Gasteiger partial charge >= 0.3 is 5.97 Å². The Kier molecular flexibility index (Phi) is 4.90. The lowest BCUT2D eigenvalue weighted by Crippen LogP contribution is -2.13. The summed E-state index contributed by atoms with van der Waals surface area (Å²) >= 11 is 5.38. The van der Waals surface area contributed by atoms with E-state index in [4.69, 9.17) is 16.7 Å². The largest absolute Gasteiger partial charge is 0.478 e. The fourth-order valence-corrected chi connectivity index (χ4v) is 0.715. The van der Waals surface area contributed by atoms with Crippen LogP contribution in [-0.4, -0.2) is 42.5 Å². The number of aliphatic carboxylic acids is 1. The normalized spacial score (nSPS) is 12.2. The van der Waals surface area contributed by atoms with E-state index in [-0.39, 0.29) is 11.5 Å². The van der Waals surface area contributed by atoms with Gasteiger partial charge in [0.2, 0.25) is 0 Å². The second-order valence-electron chi connectivity index (χ2n) is 2.43. The summed E-state index contributed by atoms with van der Waals surface area (Å²) in [4.78, 5) is 12.2. The molecule has 0 fully saturated rings. The van der Waals surface area contributed by atoms with Gasteiger partial charge in [-0.25, -0.2) is 4.79 Å². The van der Waals surface area contributed by atoms with Gasteiger partial charge in [-0.2, -0.15) is 0 Å². The lowest BCUT2D eigenvalue weighted by Gasteiger charge is -2.05. The quantitative estimate of drug-likeness (QED) is 0.510. The molecule has 0 rings (SSSR count). The summed E-state index contributed by atoms with van der Waals surface area (Å²) < 4.78 is 0. The zero-order valence-electron chi connectivity index (χ0n) is 6.67. The van der Waals surface area contributed by atoms with Crippen LogP contribution in [0.15, 0.2) is 11.6 Å². The predicted octanol–water partition coefficient (Wildman–Crippen LogP) is 0.798. The molecule has 11 heavy (non-hydrogen) atoms. The monoisotopic (exact) mass is 177 g/mol. The van der Waals surface area contributed by atoms with Gasteiger partial charge in [-0.05, 0) is 14.1 Å². The van der Waals surface area contributed by atoms with Crippen molar-refractivity contribution in [1.29, 1.82) is 0 Å². The summed E-state index contributed by atoms with van der Waals surface area (Å²) in [5, 5.41) is 8.51. The van der Waals surface area contributed by atoms with E-state index in [1.807, 2.05) is 19.0 Å². The molecule has 0 spiro atoms. The number of hydrogen-bond donors (Lipinski definition) is 1. The Balaban J connectivity index is 4.02. The van der Waals surface area contributed by atoms with Gasteiger partial charge in [0.25, 0.3) is 0 Å². The first-order chi connectivity index (χ1) is 5.07. The maximum atomic E-state index is 10.4. The third kappa shape index (κ3) is 4.81. The van der Waals surface area contributed by atoms with E-state index in [1.54, 1.807) is 6.08 Å². The first-order valence-corrected chi connectivity index (χ1v) is 3.74. The van der Waals surface area contributed by atoms with E-state index >= 15 is 0 Å². The van der Waals surface area contributed by atoms with Gasteiger partial charge in [-0.1, -0.05) is 6.08 Å². The second kappa shape index (κ2) is 5.16. The molecular formula is C7H12ClNO2. The number of rotatable bonds is 4. The second-order valence-corrected chi connectivity index (χ2v) is 2.70. The third-order valence-electron chi connectivity index (χ3n) is 1.12. The third-order valence-corrected chi connectivity index (χ3v) is 1.41. The summed E-state index contributed by atoms with van der Waals surface area (Å²) in [7, 11) is 3.73. The van der Waals surface area contributed by atoms with Crippen molar-refractivity contribution in [3.8, 4) is 0 Å². The molecule has 0 aromatic carbocycles. The molecule has 0 unspecified atom stereocenters. The van der Waals surface area contributed by atoms with Crippen LogP contribution in [0.5, 0.6) is 0 Å². The summed E-state index contributed by atoms with van der Waals surface area (Å²) in [5.41, 5.74) is 0.250. The number of alkyl halides is 1. The van der Waals surface area contributed by atoms with Crippen molar-refractivity contribution in [3.05, 3.63) is 11.6 Å². The fourth-order valence-electron chi connectivity index (χ4n) is 0.492. The topological polar surface area (TPSA) is 40.5 Å². The fraction of sp³-hybridized carbons (Fsp3) is 0.571. The molecule has 0 aliphatic carbocycles. The molecule has 4 heteroatoms. The first kappa shape index (κ1) is 10.5. The zero-order chi connectivity index (χ0) is 8.85. The molecule has 0 saturated heterocycles. The van der Waals surface area contributed by atoms with Crippen LogP contribution in [0, 0.1) is 0 Å². The van der Waals surface area contributed by atoms with Crippen molar-refractivity contribution in [2.24, 2.45) is 0 Å². The van der Waals surface area contributed by atoms with Gasteiger partial charge in [-0.15, -0.1) is 11.6 Å². The maximum Gasteiger partial charge on any atom is 0.332 e. The van der Waals surface area contributed by atoms with Crippen LogP contribution in [0.3, 0.4) is 0 Å². The van der Waals surface area contributed by atoms with Crippen LogP contribution < -0.4 is 0 Å². The van der Waals surface area contributed by atoms with Gasteiger partial charge in [0.05, 0.1) is 5.88 Å². The van der Waals surface area contributed by atoms with Crippen LogP contribution in [-0.2, 0) is 4.79 Å². The van der Waals surface area contributed by atoms with Crippen LogP contribution >= 0.6 is 11.6 Å². The van der Waals surface area contributed by atoms with E-state index in [2.05, 4.69) is 0 Å². The van der Waals surface area contributed by atoms with Crippen LogP contribution in [0.4, 0.5) is 0 Å². The molecule has 0 aromatic heterocycles. The average molecular weight is 178 g/mol. The van der Waals surface area contributed by atoms with E-state index in [9.17, 15) is 4.79 Å². The molecule has 0 atom stereocenters. The van der Waals surface area contributed by atoms with E-state index in [0.717, 1.165) is 0 Å². The number of halogens is 1. The number of carbonyl (C=O) groups is 1. The molecule has 1 N–H and O–H groups in total. The molecule has 0 aromatic rings. The highest BCUT2D eigenvalue weighted by Gasteiger charge is 2.03. The molecule has 0 bridgehead atoms. The minimum absolute atomic E-state index is 0.0587. The minimum Gasteiger partial charge on any atom is -0.478 e. The van der Waals surface area contributed by atoms with Crippen LogP contribution in [0.25, 0.3) is 0 Å². The Bertz CT molecular complexity index is 166. The smallest absolute Gasteiger partial charge is 0.332 e. The number of hydrogen-bond acceptors (Lipinski definition) is 2. The Morgan fingerprint density at radius 3 is 2.45 bits per heavy atom. The molecule has 0 amide bonds. The minimum atomic E-state index is -0.943. The van der Waals surface area contributed by atoms with E-state index in [0.29, 0.717) is 6.54 Å². The standard InChI is InChI=1S/C7H12ClNO2/c1-9(2)4-3-6(5-8)7(10)11/h3H,4-5H2,1-2H3,(H,10,11). The van der Waals surface area contributed by atoms with Crippen molar-refractivity contribution in [1.82, 2.24) is 4.90 Å². The van der Waals surface area contributed by atoms with Crippen molar-refractivity contribution in [2.75, 3.05) is 26.5 Å². The van der Waals surface area contributed by atoms with Crippen molar-refractivity contribution >= 4 is 17.6 Å². The number of likely N-dealkylation sites (N-methyl/N-ethyl adjacent to an activating group) is 1. The first-order valence-electron chi connectivity index (χ1n) is 3.21. The molecule has 3 nitrogen and oxygen atoms in total. The van der Waals surface area contributed by atoms with Crippen molar-refractivity contribution in [3.63, 3.8) is 0 Å². The van der Waals surface area contributed by atoms with Crippen molar-refractivity contribution in [2.45, 2.75) is 0 Å². The molecule has 64 valence electrons. The van der Waals surface area contributed by atoms with E-state index in [1.165, 1.54) is 0 Å². The number of nitrogens with zero attached hydrogens (tertiary/aromatic N) is 1. The predicted molar refractivity (Wildman–Crippen MR) is 45.0 cm³/mol.